The first-order valence-electron chi connectivity index (χ1n) is 13.8. The van der Waals surface area contributed by atoms with Crippen LogP contribution in [0.5, 0.6) is 0 Å². The zero-order valence-corrected chi connectivity index (χ0v) is 22.1. The Bertz CT molecular complexity index is 1230. The summed E-state index contributed by atoms with van der Waals surface area (Å²) in [6.45, 7) is 4.73. The second-order valence-electron chi connectivity index (χ2n) is 10.8. The maximum absolute atomic E-state index is 14.0. The molecule has 1 N–H and O–H groups in total. The molecule has 1 aliphatic heterocycles. The van der Waals surface area contributed by atoms with Gasteiger partial charge < -0.3 is 10.2 Å². The zero-order valence-electron chi connectivity index (χ0n) is 22.1. The average Bonchev–Trinajstić information content (AvgIpc) is 3.32. The van der Waals surface area contributed by atoms with Crippen molar-refractivity contribution < 1.29 is 9.59 Å². The first-order chi connectivity index (χ1) is 18.0. The molecule has 37 heavy (non-hydrogen) atoms. The number of benzene rings is 2. The Balaban J connectivity index is 1.47. The number of hydrogen-bond acceptors (Lipinski definition) is 3. The van der Waals surface area contributed by atoms with Gasteiger partial charge in [-0.15, -0.1) is 0 Å². The molecule has 0 bridgehead atoms. The summed E-state index contributed by atoms with van der Waals surface area (Å²) in [4.78, 5) is 29.7. The van der Waals surface area contributed by atoms with E-state index in [-0.39, 0.29) is 17.9 Å². The minimum absolute atomic E-state index is 0.0858. The molecule has 1 aromatic heterocycles. The quantitative estimate of drug-likeness (QED) is 0.470. The Morgan fingerprint density at radius 3 is 2.32 bits per heavy atom. The van der Waals surface area contributed by atoms with Crippen LogP contribution in [-0.2, 0) is 24.3 Å². The number of nitrogens with one attached hydrogen (secondary N) is 1. The average molecular weight is 499 g/mol. The van der Waals surface area contributed by atoms with E-state index in [4.69, 9.17) is 5.10 Å². The van der Waals surface area contributed by atoms with Crippen molar-refractivity contribution in [1.82, 2.24) is 20.0 Å². The molecule has 1 unspecified atom stereocenters. The predicted octanol–water partition coefficient (Wildman–Crippen LogP) is 5.76. The van der Waals surface area contributed by atoms with E-state index in [2.05, 4.69) is 36.5 Å². The molecule has 0 radical (unpaired) electrons. The molecule has 1 atom stereocenters. The van der Waals surface area contributed by atoms with E-state index in [1.807, 2.05) is 43.3 Å². The summed E-state index contributed by atoms with van der Waals surface area (Å²) in [7, 11) is 0. The molecule has 6 heteroatoms. The Hall–Kier alpha value is -3.41. The number of fused-ring (bicyclic) bond motifs is 1. The van der Waals surface area contributed by atoms with Crippen molar-refractivity contribution in [1.29, 1.82) is 0 Å². The molecule has 0 saturated heterocycles. The van der Waals surface area contributed by atoms with Gasteiger partial charge in [-0.25, -0.2) is 0 Å². The number of rotatable bonds is 6. The molecule has 2 heterocycles. The van der Waals surface area contributed by atoms with E-state index in [1.54, 1.807) is 9.58 Å². The molecule has 5 rings (SSSR count). The van der Waals surface area contributed by atoms with Gasteiger partial charge in [0.05, 0.1) is 12.2 Å². The van der Waals surface area contributed by atoms with Gasteiger partial charge in [-0.1, -0.05) is 93.6 Å². The molecule has 0 spiro atoms. The van der Waals surface area contributed by atoms with Crippen LogP contribution in [0.4, 0.5) is 0 Å². The first kappa shape index (κ1) is 25.2. The zero-order chi connectivity index (χ0) is 25.8. The van der Waals surface area contributed by atoms with E-state index >= 15 is 0 Å². The van der Waals surface area contributed by atoms with Gasteiger partial charge in [0.15, 0.2) is 0 Å². The van der Waals surface area contributed by atoms with Crippen LogP contribution >= 0.6 is 0 Å². The number of nitrogens with zero attached hydrogens (tertiary/aromatic N) is 3. The lowest BCUT2D eigenvalue weighted by atomic mass is 9.91. The van der Waals surface area contributed by atoms with Gasteiger partial charge in [0.2, 0.25) is 5.91 Å². The van der Waals surface area contributed by atoms with Crippen LogP contribution in [0.2, 0.25) is 0 Å². The Morgan fingerprint density at radius 2 is 1.65 bits per heavy atom. The highest BCUT2D eigenvalue weighted by atomic mass is 16.2. The van der Waals surface area contributed by atoms with Crippen molar-refractivity contribution in [2.45, 2.75) is 89.9 Å². The van der Waals surface area contributed by atoms with Gasteiger partial charge in [0, 0.05) is 18.2 Å². The molecule has 2 aromatic carbocycles. The molecule has 1 saturated carbocycles. The fraction of sp³-hybridized carbons (Fsp3) is 0.452. The topological polar surface area (TPSA) is 67.2 Å². The highest BCUT2D eigenvalue weighted by Gasteiger charge is 2.48. The third-order valence-electron chi connectivity index (χ3n) is 8.07. The predicted molar refractivity (Wildman–Crippen MR) is 146 cm³/mol. The molecule has 6 nitrogen and oxygen atoms in total. The van der Waals surface area contributed by atoms with Crippen LogP contribution in [0.3, 0.4) is 0 Å². The maximum Gasteiger partial charge on any atom is 0.273 e. The Morgan fingerprint density at radius 1 is 0.973 bits per heavy atom. The fourth-order valence-corrected chi connectivity index (χ4v) is 5.65. The first-order valence-corrected chi connectivity index (χ1v) is 13.8. The van der Waals surface area contributed by atoms with E-state index in [9.17, 15) is 9.59 Å². The van der Waals surface area contributed by atoms with E-state index < -0.39 is 5.54 Å². The molecule has 1 fully saturated rings. The van der Waals surface area contributed by atoms with Gasteiger partial charge in [-0.05, 0) is 43.4 Å². The highest BCUT2D eigenvalue weighted by Crippen LogP contribution is 2.32. The second-order valence-corrected chi connectivity index (χ2v) is 10.8. The normalized spacial score (nSPS) is 20.7. The molecule has 2 amide bonds. The monoisotopic (exact) mass is 498 g/mol. The van der Waals surface area contributed by atoms with E-state index in [1.165, 1.54) is 24.8 Å². The van der Waals surface area contributed by atoms with Crippen LogP contribution in [0.1, 0.15) is 80.4 Å². The van der Waals surface area contributed by atoms with Crippen LogP contribution in [0, 0.1) is 0 Å². The lowest BCUT2D eigenvalue weighted by molar-refractivity contribution is -0.134. The minimum Gasteiger partial charge on any atom is -0.351 e. The van der Waals surface area contributed by atoms with Gasteiger partial charge in [0.1, 0.15) is 11.2 Å². The lowest BCUT2D eigenvalue weighted by Gasteiger charge is -2.44. The molecule has 3 aromatic rings. The third kappa shape index (κ3) is 5.34. The van der Waals surface area contributed by atoms with Crippen LogP contribution in [0.25, 0.3) is 11.3 Å². The molecular weight excluding hydrogens is 460 g/mol. The van der Waals surface area contributed by atoms with E-state index in [0.29, 0.717) is 18.8 Å². The van der Waals surface area contributed by atoms with Crippen molar-refractivity contribution in [3.05, 3.63) is 77.5 Å². The maximum atomic E-state index is 14.0. The number of hydrogen-bond donors (Lipinski definition) is 1. The number of aromatic nitrogens is 2. The highest BCUT2D eigenvalue weighted by molar-refractivity contribution is 6.00. The van der Waals surface area contributed by atoms with Gasteiger partial charge in [0.25, 0.3) is 5.91 Å². The molecule has 2 aliphatic rings. The summed E-state index contributed by atoms with van der Waals surface area (Å²) in [5.74, 6) is -0.244. The molecular formula is C31H38N4O2. The van der Waals surface area contributed by atoms with Crippen molar-refractivity contribution in [2.75, 3.05) is 0 Å². The van der Waals surface area contributed by atoms with Crippen LogP contribution in [-0.4, -0.2) is 38.1 Å². The molecule has 194 valence electrons. The third-order valence-corrected chi connectivity index (χ3v) is 8.07. The standard InChI is InChI=1S/C31H38N4O2/c1-3-23-16-18-25(19-17-23)27-20-28-29(36)34(21-24-12-8-7-9-13-24)31(2,22-35(28)33-27)30(37)32-26-14-10-5-4-6-11-15-26/h7-9,12-13,16-20,26H,3-6,10-11,14-15,21-22H2,1-2H3,(H,32,37). The van der Waals surface area contributed by atoms with Gasteiger partial charge >= 0.3 is 0 Å². The number of aryl methyl sites for hydroxylation is 1. The van der Waals surface area contributed by atoms with Crippen molar-refractivity contribution >= 4 is 11.8 Å². The van der Waals surface area contributed by atoms with Gasteiger partial charge in [-0.2, -0.15) is 5.10 Å². The summed E-state index contributed by atoms with van der Waals surface area (Å²) < 4.78 is 1.74. The summed E-state index contributed by atoms with van der Waals surface area (Å²) in [6, 6.07) is 20.3. The van der Waals surface area contributed by atoms with Crippen molar-refractivity contribution in [3.63, 3.8) is 0 Å². The Kier molecular flexibility index (Phi) is 7.45. The summed E-state index contributed by atoms with van der Waals surface area (Å²) in [5, 5.41) is 8.15. The summed E-state index contributed by atoms with van der Waals surface area (Å²) in [6.07, 6.45) is 8.97. The molecule has 1 aliphatic carbocycles. The second kappa shape index (κ2) is 10.9. The number of carbonyl (C=O) groups excluding carboxylic acids is 2. The number of amides is 2. The Labute approximate surface area is 220 Å². The fourth-order valence-electron chi connectivity index (χ4n) is 5.65. The number of carbonyl (C=O) groups is 2. The largest absolute Gasteiger partial charge is 0.351 e. The van der Waals surface area contributed by atoms with Crippen molar-refractivity contribution in [2.24, 2.45) is 0 Å². The summed E-state index contributed by atoms with van der Waals surface area (Å²) >= 11 is 0. The SMILES string of the molecule is CCc1ccc(-c2cc3n(n2)CC(C)(C(=O)NC2CCCCCCC2)N(Cc2ccccc2)C3=O)cc1. The van der Waals surface area contributed by atoms with Crippen LogP contribution < -0.4 is 5.32 Å². The smallest absolute Gasteiger partial charge is 0.273 e. The summed E-state index contributed by atoms with van der Waals surface area (Å²) in [5.41, 5.74) is 3.48. The van der Waals surface area contributed by atoms with Gasteiger partial charge in [-0.3, -0.25) is 14.3 Å². The van der Waals surface area contributed by atoms with E-state index in [0.717, 1.165) is 48.9 Å². The van der Waals surface area contributed by atoms with Crippen LogP contribution in [0.15, 0.2) is 60.7 Å². The van der Waals surface area contributed by atoms with Crippen molar-refractivity contribution in [3.8, 4) is 11.3 Å². The minimum atomic E-state index is -1.04. The lowest BCUT2D eigenvalue weighted by Crippen LogP contribution is -2.64.